The molecule has 10 heteroatoms. The fraction of sp³-hybridized carbons (Fsp3) is 0.435. The first-order valence-corrected chi connectivity index (χ1v) is 10.5. The Morgan fingerprint density at radius 2 is 1.97 bits per heavy atom. The second kappa shape index (κ2) is 8.42. The van der Waals surface area contributed by atoms with E-state index in [1.54, 1.807) is 12.4 Å². The van der Waals surface area contributed by atoms with E-state index in [4.69, 9.17) is 4.74 Å². The number of aliphatic hydroxyl groups is 1. The van der Waals surface area contributed by atoms with Gasteiger partial charge in [0.15, 0.2) is 0 Å². The number of hydrogen-bond donors (Lipinski definition) is 2. The van der Waals surface area contributed by atoms with Gasteiger partial charge in [0.2, 0.25) is 0 Å². The van der Waals surface area contributed by atoms with E-state index in [0.717, 1.165) is 17.5 Å². The number of pyridine rings is 1. The highest BCUT2D eigenvalue weighted by Gasteiger charge is 2.42. The van der Waals surface area contributed by atoms with E-state index >= 15 is 0 Å². The van der Waals surface area contributed by atoms with Gasteiger partial charge in [-0.1, -0.05) is 12.1 Å². The third-order valence-electron chi connectivity index (χ3n) is 5.98. The third-order valence-corrected chi connectivity index (χ3v) is 5.98. The van der Waals surface area contributed by atoms with Gasteiger partial charge in [-0.2, -0.15) is 13.2 Å². The predicted molar refractivity (Wildman–Crippen MR) is 115 cm³/mol. The predicted octanol–water partition coefficient (Wildman–Crippen LogP) is 3.58. The summed E-state index contributed by atoms with van der Waals surface area (Å²) < 4.78 is 48.3. The van der Waals surface area contributed by atoms with Crippen LogP contribution in [0.3, 0.4) is 0 Å². The Balaban J connectivity index is 1.56. The molecular weight excluding hydrogens is 435 g/mol. The molecule has 33 heavy (non-hydrogen) atoms. The number of nitrogens with one attached hydrogen (secondary N) is 1. The fourth-order valence-electron chi connectivity index (χ4n) is 3.85. The van der Waals surface area contributed by atoms with Crippen molar-refractivity contribution >= 4 is 5.69 Å². The van der Waals surface area contributed by atoms with Gasteiger partial charge in [0.1, 0.15) is 12.2 Å². The van der Waals surface area contributed by atoms with E-state index in [2.05, 4.69) is 20.5 Å². The van der Waals surface area contributed by atoms with Crippen molar-refractivity contribution < 1.29 is 23.0 Å². The maximum atomic E-state index is 13.7. The van der Waals surface area contributed by atoms with Crippen molar-refractivity contribution in [2.75, 3.05) is 18.5 Å². The van der Waals surface area contributed by atoms with Crippen molar-refractivity contribution in [1.29, 1.82) is 0 Å². The molecule has 0 spiro atoms. The molecule has 0 bridgehead atoms. The van der Waals surface area contributed by atoms with E-state index in [-0.39, 0.29) is 23.2 Å². The Bertz CT molecular complexity index is 1130. The van der Waals surface area contributed by atoms with Gasteiger partial charge in [0.05, 0.1) is 36.6 Å². The summed E-state index contributed by atoms with van der Waals surface area (Å²) in [5.41, 5.74) is -0.881. The molecule has 0 radical (unpaired) electrons. The first-order chi connectivity index (χ1) is 15.5. The highest BCUT2D eigenvalue weighted by Crippen LogP contribution is 2.37. The quantitative estimate of drug-likeness (QED) is 0.560. The first-order valence-electron chi connectivity index (χ1n) is 10.5. The van der Waals surface area contributed by atoms with Crippen LogP contribution in [-0.2, 0) is 41.9 Å². The van der Waals surface area contributed by atoms with Gasteiger partial charge in [-0.05, 0) is 37.6 Å². The maximum absolute atomic E-state index is 13.7. The zero-order valence-electron chi connectivity index (χ0n) is 18.6. The van der Waals surface area contributed by atoms with Crippen molar-refractivity contribution in [2.45, 2.75) is 44.0 Å². The van der Waals surface area contributed by atoms with E-state index < -0.39 is 17.3 Å². The highest BCUT2D eigenvalue weighted by molar-refractivity contribution is 5.49. The van der Waals surface area contributed by atoms with Crippen LogP contribution in [0.4, 0.5) is 18.9 Å². The van der Waals surface area contributed by atoms with Crippen LogP contribution >= 0.6 is 0 Å². The van der Waals surface area contributed by atoms with Crippen molar-refractivity contribution in [3.8, 4) is 0 Å². The molecular formula is C23H26F3N5O2. The monoisotopic (exact) mass is 461 g/mol. The van der Waals surface area contributed by atoms with Crippen LogP contribution in [-0.4, -0.2) is 38.1 Å². The van der Waals surface area contributed by atoms with Crippen LogP contribution in [0.2, 0.25) is 0 Å². The Morgan fingerprint density at radius 3 is 2.55 bits per heavy atom. The number of rotatable bonds is 7. The molecule has 1 saturated heterocycles. The van der Waals surface area contributed by atoms with Gasteiger partial charge >= 0.3 is 6.18 Å². The molecule has 2 aromatic heterocycles. The van der Waals surface area contributed by atoms with Crippen molar-refractivity contribution in [3.05, 3.63) is 71.1 Å². The molecule has 3 aromatic rings. The van der Waals surface area contributed by atoms with Gasteiger partial charge in [-0.15, -0.1) is 10.2 Å². The largest absolute Gasteiger partial charge is 0.418 e. The van der Waals surface area contributed by atoms with E-state index in [9.17, 15) is 18.3 Å². The van der Waals surface area contributed by atoms with Gasteiger partial charge in [-0.25, -0.2) is 0 Å². The third kappa shape index (κ3) is 4.86. The van der Waals surface area contributed by atoms with Gasteiger partial charge < -0.3 is 19.7 Å². The first kappa shape index (κ1) is 23.2. The molecule has 0 unspecified atom stereocenters. The maximum Gasteiger partial charge on any atom is 0.418 e. The number of ether oxygens (including phenoxy) is 1. The Kier molecular flexibility index (Phi) is 5.92. The molecule has 0 atom stereocenters. The summed E-state index contributed by atoms with van der Waals surface area (Å²) in [6.07, 6.45) is -1.01. The molecule has 7 nitrogen and oxygen atoms in total. The average molecular weight is 461 g/mol. The van der Waals surface area contributed by atoms with Gasteiger partial charge in [-0.3, -0.25) is 4.98 Å². The van der Waals surface area contributed by atoms with Crippen molar-refractivity contribution in [1.82, 2.24) is 19.7 Å². The number of anilines is 1. The summed E-state index contributed by atoms with van der Waals surface area (Å²) in [4.78, 5) is 4.00. The average Bonchev–Trinajstić information content (AvgIpc) is 3.12. The molecule has 176 valence electrons. The lowest BCUT2D eigenvalue weighted by atomic mass is 9.75. The summed E-state index contributed by atoms with van der Waals surface area (Å²) in [7, 11) is 1.88. The molecule has 1 aliphatic rings. The zero-order chi connectivity index (χ0) is 23.9. The van der Waals surface area contributed by atoms with Gasteiger partial charge in [0, 0.05) is 36.3 Å². The summed E-state index contributed by atoms with van der Waals surface area (Å²) in [6.45, 7) is 3.80. The van der Waals surface area contributed by atoms with Crippen LogP contribution in [0.5, 0.6) is 0 Å². The number of aryl methyl sites for hydroxylation is 1. The van der Waals surface area contributed by atoms with Gasteiger partial charge in [0.25, 0.3) is 0 Å². The normalized spacial score (nSPS) is 15.8. The molecule has 1 aromatic carbocycles. The van der Waals surface area contributed by atoms with Crippen LogP contribution in [0, 0.1) is 0 Å². The van der Waals surface area contributed by atoms with Crippen molar-refractivity contribution in [2.24, 2.45) is 7.05 Å². The summed E-state index contributed by atoms with van der Waals surface area (Å²) in [6, 6.07) is 8.54. The zero-order valence-corrected chi connectivity index (χ0v) is 18.6. The van der Waals surface area contributed by atoms with Crippen LogP contribution < -0.4 is 5.32 Å². The molecule has 3 heterocycles. The number of aromatic nitrogens is 4. The second-order valence-electron chi connectivity index (χ2n) is 9.02. The van der Waals surface area contributed by atoms with Crippen LogP contribution in [0.15, 0.2) is 42.9 Å². The lowest BCUT2D eigenvalue weighted by molar-refractivity contribution is -0.138. The SMILES string of the molecule is Cn1cnnc1CC1(c2cccc(NCc3ncc(C(C)(C)O)cc3C(F)(F)F)c2)COC1. The van der Waals surface area contributed by atoms with E-state index in [0.29, 0.717) is 25.3 Å². The molecule has 2 N–H and O–H groups in total. The molecule has 4 rings (SSSR count). The minimum atomic E-state index is -4.59. The molecule has 1 fully saturated rings. The molecule has 1 aliphatic heterocycles. The smallest absolute Gasteiger partial charge is 0.386 e. The summed E-state index contributed by atoms with van der Waals surface area (Å²) in [5.74, 6) is 0.836. The lowest BCUT2D eigenvalue weighted by Crippen LogP contribution is -2.49. The second-order valence-corrected chi connectivity index (χ2v) is 9.02. The van der Waals surface area contributed by atoms with E-state index in [1.165, 1.54) is 20.0 Å². The number of hydrogen-bond acceptors (Lipinski definition) is 6. The Hall–Kier alpha value is -2.98. The minimum absolute atomic E-state index is 0.108. The van der Waals surface area contributed by atoms with E-state index in [1.807, 2.05) is 29.8 Å². The standard InChI is InChI=1S/C23H26F3N5O2/c1-21(2,32)16-8-18(23(24,25)26)19(28-10-16)11-27-17-6-4-5-15(7-17)22(12-33-13-22)9-20-30-29-14-31(20)3/h4-8,10,14,27,32H,9,11-13H2,1-3H3. The topological polar surface area (TPSA) is 85.1 Å². The number of halogens is 3. The Labute approximate surface area is 189 Å². The van der Waals surface area contributed by atoms with Crippen molar-refractivity contribution in [3.63, 3.8) is 0 Å². The van der Waals surface area contributed by atoms with Crippen LogP contribution in [0.25, 0.3) is 0 Å². The number of benzene rings is 1. The summed E-state index contributed by atoms with van der Waals surface area (Å²) >= 11 is 0. The number of nitrogens with zero attached hydrogens (tertiary/aromatic N) is 4. The minimum Gasteiger partial charge on any atom is -0.386 e. The Morgan fingerprint density at radius 1 is 1.21 bits per heavy atom. The molecule has 0 amide bonds. The lowest BCUT2D eigenvalue weighted by Gasteiger charge is -2.41. The summed E-state index contributed by atoms with van der Waals surface area (Å²) in [5, 5.41) is 21.2. The number of alkyl halides is 3. The molecule has 0 aliphatic carbocycles. The highest BCUT2D eigenvalue weighted by atomic mass is 19.4. The fourth-order valence-corrected chi connectivity index (χ4v) is 3.85. The molecule has 0 saturated carbocycles. The van der Waals surface area contributed by atoms with Crippen LogP contribution in [0.1, 0.15) is 42.1 Å².